The quantitative estimate of drug-likeness (QED) is 0.934. The molecule has 24 heavy (non-hydrogen) atoms. The minimum atomic E-state index is -0.340. The molecule has 0 aliphatic heterocycles. The fraction of sp³-hybridized carbons (Fsp3) is 0.389. The van der Waals surface area contributed by atoms with Gasteiger partial charge in [0.15, 0.2) is 11.4 Å². The number of hydrogen-bond donors (Lipinski definition) is 1. The molecule has 0 unspecified atom stereocenters. The molecular weight excluding hydrogens is 306 g/mol. The predicted octanol–water partition coefficient (Wildman–Crippen LogP) is 2.22. The molecule has 1 aromatic carbocycles. The Labute approximate surface area is 140 Å². The zero-order valence-corrected chi connectivity index (χ0v) is 13.9. The molecule has 0 bridgehead atoms. The van der Waals surface area contributed by atoms with Crippen LogP contribution in [0.2, 0.25) is 0 Å². The summed E-state index contributed by atoms with van der Waals surface area (Å²) in [6.07, 6.45) is 4.20. The van der Waals surface area contributed by atoms with E-state index in [1.807, 2.05) is 19.1 Å². The van der Waals surface area contributed by atoms with Crippen LogP contribution < -0.4 is 15.6 Å². The van der Waals surface area contributed by atoms with Gasteiger partial charge >= 0.3 is 0 Å². The van der Waals surface area contributed by atoms with Crippen molar-refractivity contribution in [2.24, 2.45) is 0 Å². The van der Waals surface area contributed by atoms with Crippen LogP contribution in [-0.4, -0.2) is 28.8 Å². The van der Waals surface area contributed by atoms with Crippen molar-refractivity contribution < 1.29 is 9.53 Å². The molecule has 1 aromatic heterocycles. The van der Waals surface area contributed by atoms with Gasteiger partial charge in [0.05, 0.1) is 18.9 Å². The Balaban J connectivity index is 1.97. The van der Waals surface area contributed by atoms with Gasteiger partial charge in [0.1, 0.15) is 0 Å². The summed E-state index contributed by atoms with van der Waals surface area (Å²) in [5, 5.41) is 7.23. The van der Waals surface area contributed by atoms with E-state index in [9.17, 15) is 9.59 Å². The van der Waals surface area contributed by atoms with Crippen LogP contribution in [0, 0.1) is 6.92 Å². The predicted molar refractivity (Wildman–Crippen MR) is 90.8 cm³/mol. The summed E-state index contributed by atoms with van der Waals surface area (Å²) >= 11 is 0. The number of benzene rings is 1. The second-order valence-corrected chi connectivity index (χ2v) is 6.10. The summed E-state index contributed by atoms with van der Waals surface area (Å²) in [5.74, 6) is -0.113. The van der Waals surface area contributed by atoms with Crippen molar-refractivity contribution in [3.8, 4) is 11.4 Å². The smallest absolute Gasteiger partial charge is 0.275 e. The third kappa shape index (κ3) is 3.32. The maximum atomic E-state index is 12.6. The van der Waals surface area contributed by atoms with Gasteiger partial charge in [0.2, 0.25) is 0 Å². The molecule has 1 heterocycles. The molecule has 6 nitrogen and oxygen atoms in total. The highest BCUT2D eigenvalue weighted by Gasteiger charge is 2.22. The van der Waals surface area contributed by atoms with E-state index in [1.165, 1.54) is 17.9 Å². The van der Waals surface area contributed by atoms with Crippen LogP contribution in [0.5, 0.6) is 5.75 Å². The van der Waals surface area contributed by atoms with E-state index < -0.39 is 0 Å². The average molecular weight is 327 g/mol. The molecular formula is C18H21N3O3. The molecule has 3 rings (SSSR count). The highest BCUT2D eigenvalue weighted by Crippen LogP contribution is 2.20. The van der Waals surface area contributed by atoms with E-state index in [4.69, 9.17) is 4.74 Å². The van der Waals surface area contributed by atoms with E-state index >= 15 is 0 Å². The molecule has 1 amide bonds. The van der Waals surface area contributed by atoms with Gasteiger partial charge in [-0.1, -0.05) is 30.5 Å². The maximum absolute atomic E-state index is 12.6. The number of ether oxygens (including phenoxy) is 1. The van der Waals surface area contributed by atoms with Gasteiger partial charge in [-0.3, -0.25) is 9.59 Å². The molecule has 0 atom stereocenters. The SMILES string of the molecule is COc1cc(=O)n(-c2ccc(C)cc2)nc1C(=O)NC1CCCC1. The number of aromatic nitrogens is 2. The Morgan fingerprint density at radius 1 is 1.25 bits per heavy atom. The number of carbonyl (C=O) groups excluding carboxylic acids is 1. The lowest BCUT2D eigenvalue weighted by atomic mass is 10.2. The fourth-order valence-electron chi connectivity index (χ4n) is 2.95. The lowest BCUT2D eigenvalue weighted by Gasteiger charge is -2.14. The lowest BCUT2D eigenvalue weighted by Crippen LogP contribution is -2.35. The van der Waals surface area contributed by atoms with E-state index in [-0.39, 0.29) is 29.0 Å². The van der Waals surface area contributed by atoms with Crippen molar-refractivity contribution in [1.29, 1.82) is 0 Å². The molecule has 0 radical (unpaired) electrons. The molecule has 1 N–H and O–H groups in total. The first-order chi connectivity index (χ1) is 11.6. The number of methoxy groups -OCH3 is 1. The summed E-state index contributed by atoms with van der Waals surface area (Å²) in [4.78, 5) is 24.9. The molecule has 1 saturated carbocycles. The zero-order chi connectivity index (χ0) is 17.1. The highest BCUT2D eigenvalue weighted by atomic mass is 16.5. The Morgan fingerprint density at radius 2 is 1.92 bits per heavy atom. The summed E-state index contributed by atoms with van der Waals surface area (Å²) in [7, 11) is 1.43. The van der Waals surface area contributed by atoms with Crippen molar-refractivity contribution in [3.05, 3.63) is 51.9 Å². The molecule has 126 valence electrons. The van der Waals surface area contributed by atoms with Gasteiger partial charge in [0, 0.05) is 6.04 Å². The van der Waals surface area contributed by atoms with E-state index in [2.05, 4.69) is 10.4 Å². The van der Waals surface area contributed by atoms with E-state index in [0.29, 0.717) is 5.69 Å². The monoisotopic (exact) mass is 327 g/mol. The van der Waals surface area contributed by atoms with Crippen LogP contribution in [0.1, 0.15) is 41.7 Å². The number of hydrogen-bond acceptors (Lipinski definition) is 4. The van der Waals surface area contributed by atoms with Crippen molar-refractivity contribution >= 4 is 5.91 Å². The number of nitrogens with one attached hydrogen (secondary N) is 1. The van der Waals surface area contributed by atoms with Crippen LogP contribution >= 0.6 is 0 Å². The van der Waals surface area contributed by atoms with Crippen LogP contribution in [0.15, 0.2) is 35.1 Å². The third-order valence-electron chi connectivity index (χ3n) is 4.30. The van der Waals surface area contributed by atoms with Crippen molar-refractivity contribution in [3.63, 3.8) is 0 Å². The van der Waals surface area contributed by atoms with Gasteiger partial charge < -0.3 is 10.1 Å². The summed E-state index contributed by atoms with van der Waals surface area (Å²) < 4.78 is 6.41. The first-order valence-electron chi connectivity index (χ1n) is 8.15. The molecule has 0 saturated heterocycles. The number of aryl methyl sites for hydroxylation is 1. The average Bonchev–Trinajstić information content (AvgIpc) is 3.08. The molecule has 1 aliphatic carbocycles. The van der Waals surface area contributed by atoms with Gasteiger partial charge in [0.25, 0.3) is 11.5 Å². The number of carbonyl (C=O) groups is 1. The van der Waals surface area contributed by atoms with Gasteiger partial charge in [-0.15, -0.1) is 0 Å². The Hall–Kier alpha value is -2.63. The van der Waals surface area contributed by atoms with Crippen molar-refractivity contribution in [2.45, 2.75) is 38.6 Å². The molecule has 6 heteroatoms. The summed E-state index contributed by atoms with van der Waals surface area (Å²) in [5.41, 5.74) is 1.49. The van der Waals surface area contributed by atoms with Crippen molar-refractivity contribution in [1.82, 2.24) is 15.1 Å². The van der Waals surface area contributed by atoms with Gasteiger partial charge in [-0.25, -0.2) is 0 Å². The number of nitrogens with zero attached hydrogens (tertiary/aromatic N) is 2. The van der Waals surface area contributed by atoms with Gasteiger partial charge in [-0.05, 0) is 31.9 Å². The highest BCUT2D eigenvalue weighted by molar-refractivity contribution is 5.95. The molecule has 0 spiro atoms. The number of amides is 1. The second kappa shape index (κ2) is 6.86. The minimum Gasteiger partial charge on any atom is -0.494 e. The van der Waals surface area contributed by atoms with Crippen LogP contribution in [0.4, 0.5) is 0 Å². The summed E-state index contributed by atoms with van der Waals surface area (Å²) in [6.45, 7) is 1.97. The van der Waals surface area contributed by atoms with E-state index in [1.54, 1.807) is 12.1 Å². The first-order valence-corrected chi connectivity index (χ1v) is 8.15. The summed E-state index contributed by atoms with van der Waals surface area (Å²) in [6, 6.07) is 8.86. The van der Waals surface area contributed by atoms with Crippen molar-refractivity contribution in [2.75, 3.05) is 7.11 Å². The van der Waals surface area contributed by atoms with Gasteiger partial charge in [-0.2, -0.15) is 9.78 Å². The van der Waals surface area contributed by atoms with Crippen LogP contribution in [0.25, 0.3) is 5.69 Å². The first kappa shape index (κ1) is 16.2. The Bertz CT molecular complexity index is 790. The number of rotatable bonds is 4. The Kier molecular flexibility index (Phi) is 4.64. The van der Waals surface area contributed by atoms with E-state index in [0.717, 1.165) is 31.2 Å². The maximum Gasteiger partial charge on any atom is 0.275 e. The zero-order valence-electron chi connectivity index (χ0n) is 13.9. The van der Waals surface area contributed by atoms with Crippen LogP contribution in [-0.2, 0) is 0 Å². The lowest BCUT2D eigenvalue weighted by molar-refractivity contribution is 0.0927. The molecule has 2 aromatic rings. The topological polar surface area (TPSA) is 73.2 Å². The fourth-order valence-corrected chi connectivity index (χ4v) is 2.95. The van der Waals surface area contributed by atoms with Crippen LogP contribution in [0.3, 0.4) is 0 Å². The molecule has 1 aliphatic rings. The normalized spacial score (nSPS) is 14.6. The largest absolute Gasteiger partial charge is 0.494 e. The molecule has 1 fully saturated rings. The minimum absolute atomic E-state index is 0.129. The Morgan fingerprint density at radius 3 is 2.54 bits per heavy atom. The second-order valence-electron chi connectivity index (χ2n) is 6.10. The third-order valence-corrected chi connectivity index (χ3v) is 4.30. The standard InChI is InChI=1S/C18H21N3O3/c1-12-7-9-14(10-8-12)21-16(22)11-15(24-2)17(20-21)18(23)19-13-5-3-4-6-13/h7-11,13H,3-6H2,1-2H3,(H,19,23).